The van der Waals surface area contributed by atoms with Gasteiger partial charge in [0.05, 0.1) is 17.9 Å². The Bertz CT molecular complexity index is 477. The molecular formula is C13H20N4. The Morgan fingerprint density at radius 3 is 3.00 bits per heavy atom. The number of rotatable bonds is 5. The van der Waals surface area contributed by atoms with Crippen LogP contribution >= 0.6 is 0 Å². The van der Waals surface area contributed by atoms with E-state index in [9.17, 15) is 0 Å². The summed E-state index contributed by atoms with van der Waals surface area (Å²) in [6.07, 6.45) is 10.7. The largest absolute Gasteiger partial charge is 0.324 e. The average molecular weight is 232 g/mol. The lowest BCUT2D eigenvalue weighted by molar-refractivity contribution is 0.441. The summed E-state index contributed by atoms with van der Waals surface area (Å²) in [4.78, 5) is 4.13. The Hall–Kier alpha value is -1.42. The molecular weight excluding hydrogens is 212 g/mol. The molecule has 92 valence electrons. The van der Waals surface area contributed by atoms with Crippen LogP contribution in [0.4, 0.5) is 0 Å². The van der Waals surface area contributed by atoms with E-state index in [0.717, 1.165) is 17.5 Å². The van der Waals surface area contributed by atoms with Gasteiger partial charge in [-0.15, -0.1) is 0 Å². The van der Waals surface area contributed by atoms with E-state index in [-0.39, 0.29) is 6.04 Å². The maximum Gasteiger partial charge on any atom is 0.0892 e. The van der Waals surface area contributed by atoms with Gasteiger partial charge in [0.25, 0.3) is 0 Å². The van der Waals surface area contributed by atoms with E-state index in [0.29, 0.717) is 5.92 Å². The van der Waals surface area contributed by atoms with Crippen molar-refractivity contribution in [3.05, 3.63) is 30.4 Å². The van der Waals surface area contributed by atoms with Crippen LogP contribution < -0.4 is 5.73 Å². The van der Waals surface area contributed by atoms with Crippen LogP contribution in [0.15, 0.2) is 24.8 Å². The van der Waals surface area contributed by atoms with Crippen molar-refractivity contribution in [3.63, 3.8) is 0 Å². The Morgan fingerprint density at radius 1 is 1.41 bits per heavy atom. The van der Waals surface area contributed by atoms with Gasteiger partial charge >= 0.3 is 0 Å². The molecule has 2 rings (SSSR count). The predicted octanol–water partition coefficient (Wildman–Crippen LogP) is 2.56. The van der Waals surface area contributed by atoms with Gasteiger partial charge in [-0.2, -0.15) is 5.10 Å². The number of nitrogens with zero attached hydrogens (tertiary/aromatic N) is 3. The van der Waals surface area contributed by atoms with Crippen molar-refractivity contribution < 1.29 is 0 Å². The third-order valence-corrected chi connectivity index (χ3v) is 3.19. The summed E-state index contributed by atoms with van der Waals surface area (Å²) in [6.45, 7) is 4.47. The van der Waals surface area contributed by atoms with E-state index in [2.05, 4.69) is 23.9 Å². The summed E-state index contributed by atoms with van der Waals surface area (Å²) < 4.78 is 1.83. The zero-order chi connectivity index (χ0) is 12.3. The summed E-state index contributed by atoms with van der Waals surface area (Å²) in [7, 11) is 0. The molecule has 2 unspecified atom stereocenters. The number of hydrogen-bond acceptors (Lipinski definition) is 3. The van der Waals surface area contributed by atoms with Gasteiger partial charge in [0.2, 0.25) is 0 Å². The Labute approximate surface area is 102 Å². The van der Waals surface area contributed by atoms with Crippen LogP contribution in [0.2, 0.25) is 0 Å². The summed E-state index contributed by atoms with van der Waals surface area (Å²) in [6, 6.07) is 0.0539. The molecule has 2 atom stereocenters. The number of fused-ring (bicyclic) bond motifs is 1. The molecule has 4 heteroatoms. The first-order valence-electron chi connectivity index (χ1n) is 6.25. The van der Waals surface area contributed by atoms with Gasteiger partial charge in [0, 0.05) is 24.0 Å². The molecule has 0 aromatic carbocycles. The molecule has 17 heavy (non-hydrogen) atoms. The molecule has 0 amide bonds. The van der Waals surface area contributed by atoms with Crippen molar-refractivity contribution in [2.45, 2.75) is 39.2 Å². The van der Waals surface area contributed by atoms with Gasteiger partial charge in [0.15, 0.2) is 0 Å². The highest BCUT2D eigenvalue weighted by Gasteiger charge is 2.15. The minimum absolute atomic E-state index is 0.0539. The first kappa shape index (κ1) is 12.0. The first-order chi connectivity index (χ1) is 8.22. The molecule has 0 aliphatic carbocycles. The second kappa shape index (κ2) is 5.27. The molecule has 0 radical (unpaired) electrons. The topological polar surface area (TPSA) is 56.2 Å². The minimum Gasteiger partial charge on any atom is -0.324 e. The van der Waals surface area contributed by atoms with Crippen molar-refractivity contribution in [1.82, 2.24) is 14.6 Å². The van der Waals surface area contributed by atoms with E-state index in [1.54, 1.807) is 6.20 Å². The fourth-order valence-corrected chi connectivity index (χ4v) is 2.31. The molecule has 2 aromatic rings. The highest BCUT2D eigenvalue weighted by atomic mass is 15.2. The number of hydrogen-bond donors (Lipinski definition) is 1. The molecule has 0 bridgehead atoms. The van der Waals surface area contributed by atoms with Crippen molar-refractivity contribution >= 4 is 5.52 Å². The lowest BCUT2D eigenvalue weighted by Crippen LogP contribution is -2.14. The van der Waals surface area contributed by atoms with Crippen molar-refractivity contribution in [2.75, 3.05) is 0 Å². The zero-order valence-corrected chi connectivity index (χ0v) is 10.5. The van der Waals surface area contributed by atoms with Crippen LogP contribution in [0.1, 0.15) is 44.7 Å². The standard InChI is InChI=1S/C13H20N4/c1-3-4-10(2)7-12(14)11-8-16-17-6-5-15-9-13(11)17/h5-6,8-10,12H,3-4,7,14H2,1-2H3. The van der Waals surface area contributed by atoms with Crippen LogP contribution in [0, 0.1) is 5.92 Å². The summed E-state index contributed by atoms with van der Waals surface area (Å²) in [5, 5.41) is 4.29. The second-order valence-corrected chi connectivity index (χ2v) is 4.74. The van der Waals surface area contributed by atoms with Gasteiger partial charge < -0.3 is 5.73 Å². The SMILES string of the molecule is CCCC(C)CC(N)c1cnn2ccncc12. The zero-order valence-electron chi connectivity index (χ0n) is 10.5. The van der Waals surface area contributed by atoms with Gasteiger partial charge in [-0.25, -0.2) is 4.52 Å². The molecule has 0 saturated carbocycles. The Balaban J connectivity index is 2.16. The fourth-order valence-electron chi connectivity index (χ4n) is 2.31. The molecule has 0 aliphatic rings. The van der Waals surface area contributed by atoms with Gasteiger partial charge in [-0.05, 0) is 12.3 Å². The molecule has 0 aliphatic heterocycles. The molecule has 2 heterocycles. The van der Waals surface area contributed by atoms with Crippen LogP contribution in [0.25, 0.3) is 5.52 Å². The Kier molecular flexibility index (Phi) is 3.74. The summed E-state index contributed by atoms with van der Waals surface area (Å²) >= 11 is 0. The quantitative estimate of drug-likeness (QED) is 0.862. The fraction of sp³-hybridized carbons (Fsp3) is 0.538. The molecule has 2 N–H and O–H groups in total. The predicted molar refractivity (Wildman–Crippen MR) is 68.6 cm³/mol. The van der Waals surface area contributed by atoms with Crippen LogP contribution in [-0.4, -0.2) is 14.6 Å². The average Bonchev–Trinajstić information content (AvgIpc) is 2.72. The van der Waals surface area contributed by atoms with E-state index in [1.807, 2.05) is 23.1 Å². The molecule has 0 fully saturated rings. The highest BCUT2D eigenvalue weighted by Crippen LogP contribution is 2.24. The number of aromatic nitrogens is 3. The van der Waals surface area contributed by atoms with Crippen LogP contribution in [0.3, 0.4) is 0 Å². The van der Waals surface area contributed by atoms with Gasteiger partial charge in [-0.3, -0.25) is 4.98 Å². The third-order valence-electron chi connectivity index (χ3n) is 3.19. The molecule has 0 spiro atoms. The van der Waals surface area contributed by atoms with Crippen LogP contribution in [0.5, 0.6) is 0 Å². The molecule has 0 saturated heterocycles. The maximum atomic E-state index is 6.26. The minimum atomic E-state index is 0.0539. The Morgan fingerprint density at radius 2 is 2.24 bits per heavy atom. The summed E-state index contributed by atoms with van der Waals surface area (Å²) in [5.74, 6) is 0.654. The second-order valence-electron chi connectivity index (χ2n) is 4.74. The van der Waals surface area contributed by atoms with Gasteiger partial charge in [-0.1, -0.05) is 26.7 Å². The maximum absolute atomic E-state index is 6.26. The van der Waals surface area contributed by atoms with Crippen molar-refractivity contribution in [1.29, 1.82) is 0 Å². The molecule has 2 aromatic heterocycles. The van der Waals surface area contributed by atoms with E-state index >= 15 is 0 Å². The van der Waals surface area contributed by atoms with E-state index in [1.165, 1.54) is 12.8 Å². The number of nitrogens with two attached hydrogens (primary N) is 1. The first-order valence-corrected chi connectivity index (χ1v) is 6.25. The van der Waals surface area contributed by atoms with Crippen molar-refractivity contribution in [2.24, 2.45) is 11.7 Å². The van der Waals surface area contributed by atoms with E-state index in [4.69, 9.17) is 5.73 Å². The lowest BCUT2D eigenvalue weighted by Gasteiger charge is -2.15. The van der Waals surface area contributed by atoms with Gasteiger partial charge in [0.1, 0.15) is 0 Å². The third kappa shape index (κ3) is 2.64. The summed E-state index contributed by atoms with van der Waals surface area (Å²) in [5.41, 5.74) is 8.37. The monoisotopic (exact) mass is 232 g/mol. The van der Waals surface area contributed by atoms with Crippen molar-refractivity contribution in [3.8, 4) is 0 Å². The van der Waals surface area contributed by atoms with E-state index < -0.39 is 0 Å². The van der Waals surface area contributed by atoms with Crippen LogP contribution in [-0.2, 0) is 0 Å². The highest BCUT2D eigenvalue weighted by molar-refractivity contribution is 5.52. The normalized spacial score (nSPS) is 15.0. The smallest absolute Gasteiger partial charge is 0.0892 e. The molecule has 4 nitrogen and oxygen atoms in total. The lowest BCUT2D eigenvalue weighted by atomic mass is 9.94.